The molecule has 1 aromatic heterocycles. The number of hydrogen-bond acceptors (Lipinski definition) is 3. The molecular weight excluding hydrogens is 324 g/mol. The molecular formula is C21H32N4O. The number of aliphatic imine (C=N–C) groups is 1. The molecule has 1 heterocycles. The molecule has 2 rings (SSSR count). The van der Waals surface area contributed by atoms with Gasteiger partial charge in [0.25, 0.3) is 0 Å². The van der Waals surface area contributed by atoms with Crippen molar-refractivity contribution in [2.45, 2.75) is 39.9 Å². The van der Waals surface area contributed by atoms with Crippen LogP contribution in [0.5, 0.6) is 0 Å². The molecule has 0 radical (unpaired) electrons. The number of benzene rings is 1. The number of hydrogen-bond donors (Lipinski definition) is 2. The first-order chi connectivity index (χ1) is 12.6. The summed E-state index contributed by atoms with van der Waals surface area (Å²) in [5.74, 6) is 2.52. The number of nitrogens with one attached hydrogen (secondary N) is 2. The highest BCUT2D eigenvalue weighted by Gasteiger charge is 2.08. The Kier molecular flexibility index (Phi) is 8.22. The maximum Gasteiger partial charge on any atom is 0.191 e. The first-order valence-electron chi connectivity index (χ1n) is 9.30. The molecule has 0 amide bonds. The van der Waals surface area contributed by atoms with E-state index in [1.54, 1.807) is 6.26 Å². The van der Waals surface area contributed by atoms with Gasteiger partial charge in [-0.1, -0.05) is 38.1 Å². The minimum atomic E-state index is 0.686. The van der Waals surface area contributed by atoms with Crippen molar-refractivity contribution in [2.75, 3.05) is 20.6 Å². The second-order valence-electron chi connectivity index (χ2n) is 7.06. The third kappa shape index (κ3) is 6.92. The SMILES string of the molecule is CN=C(NCCC(C)C)NCc1ccccc1CN(C)Cc1ccco1. The maximum absolute atomic E-state index is 5.44. The van der Waals surface area contributed by atoms with Gasteiger partial charge in [0.1, 0.15) is 5.76 Å². The fourth-order valence-electron chi connectivity index (χ4n) is 2.78. The van der Waals surface area contributed by atoms with Crippen LogP contribution >= 0.6 is 0 Å². The molecule has 0 atom stereocenters. The van der Waals surface area contributed by atoms with E-state index in [0.717, 1.165) is 44.3 Å². The van der Waals surface area contributed by atoms with Gasteiger partial charge in [-0.25, -0.2) is 0 Å². The Bertz CT molecular complexity index is 664. The molecule has 5 nitrogen and oxygen atoms in total. The van der Waals surface area contributed by atoms with Gasteiger partial charge in [0.15, 0.2) is 5.96 Å². The van der Waals surface area contributed by atoms with Gasteiger partial charge >= 0.3 is 0 Å². The van der Waals surface area contributed by atoms with Crippen molar-refractivity contribution in [2.24, 2.45) is 10.9 Å². The summed E-state index contributed by atoms with van der Waals surface area (Å²) in [4.78, 5) is 6.57. The molecule has 0 saturated carbocycles. The smallest absolute Gasteiger partial charge is 0.191 e. The summed E-state index contributed by atoms with van der Waals surface area (Å²) in [6, 6.07) is 12.5. The Morgan fingerprint density at radius 1 is 1.08 bits per heavy atom. The molecule has 0 saturated heterocycles. The van der Waals surface area contributed by atoms with Crippen molar-refractivity contribution in [3.63, 3.8) is 0 Å². The van der Waals surface area contributed by atoms with E-state index in [1.807, 2.05) is 19.2 Å². The van der Waals surface area contributed by atoms with Gasteiger partial charge in [0, 0.05) is 26.7 Å². The van der Waals surface area contributed by atoms with E-state index in [4.69, 9.17) is 4.42 Å². The largest absolute Gasteiger partial charge is 0.468 e. The van der Waals surface area contributed by atoms with Crippen LogP contribution in [0.15, 0.2) is 52.1 Å². The van der Waals surface area contributed by atoms with E-state index < -0.39 is 0 Å². The van der Waals surface area contributed by atoms with Crippen LogP contribution in [0.3, 0.4) is 0 Å². The summed E-state index contributed by atoms with van der Waals surface area (Å²) < 4.78 is 5.44. The zero-order valence-electron chi connectivity index (χ0n) is 16.5. The lowest BCUT2D eigenvalue weighted by Crippen LogP contribution is -2.37. The van der Waals surface area contributed by atoms with Crippen molar-refractivity contribution in [3.05, 3.63) is 59.5 Å². The summed E-state index contributed by atoms with van der Waals surface area (Å²) >= 11 is 0. The molecule has 0 aliphatic carbocycles. The molecule has 26 heavy (non-hydrogen) atoms. The zero-order chi connectivity index (χ0) is 18.8. The topological polar surface area (TPSA) is 52.8 Å². The molecule has 1 aromatic carbocycles. The highest BCUT2D eigenvalue weighted by atomic mass is 16.3. The molecule has 142 valence electrons. The first-order valence-corrected chi connectivity index (χ1v) is 9.30. The summed E-state index contributed by atoms with van der Waals surface area (Å²) in [7, 11) is 3.92. The van der Waals surface area contributed by atoms with E-state index in [9.17, 15) is 0 Å². The van der Waals surface area contributed by atoms with Crippen LogP contribution in [0.1, 0.15) is 37.2 Å². The van der Waals surface area contributed by atoms with Crippen LogP contribution in [-0.4, -0.2) is 31.5 Å². The monoisotopic (exact) mass is 356 g/mol. The molecule has 0 aliphatic heterocycles. The third-order valence-corrected chi connectivity index (χ3v) is 4.25. The van der Waals surface area contributed by atoms with E-state index in [-0.39, 0.29) is 0 Å². The second-order valence-corrected chi connectivity index (χ2v) is 7.06. The summed E-state index contributed by atoms with van der Waals surface area (Å²) in [6.07, 6.45) is 2.85. The van der Waals surface area contributed by atoms with Crippen molar-refractivity contribution < 1.29 is 4.42 Å². The van der Waals surface area contributed by atoms with Gasteiger partial charge in [-0.15, -0.1) is 0 Å². The van der Waals surface area contributed by atoms with Gasteiger partial charge in [0.05, 0.1) is 12.8 Å². The Morgan fingerprint density at radius 2 is 1.85 bits per heavy atom. The molecule has 0 fully saturated rings. The fraction of sp³-hybridized carbons (Fsp3) is 0.476. The quantitative estimate of drug-likeness (QED) is 0.532. The van der Waals surface area contributed by atoms with Crippen LogP contribution in [0.4, 0.5) is 0 Å². The maximum atomic E-state index is 5.44. The van der Waals surface area contributed by atoms with Crippen molar-refractivity contribution in [1.29, 1.82) is 0 Å². The predicted octanol–water partition coefficient (Wildman–Crippen LogP) is 3.62. The predicted molar refractivity (Wildman–Crippen MR) is 108 cm³/mol. The molecule has 0 aliphatic rings. The van der Waals surface area contributed by atoms with E-state index in [0.29, 0.717) is 5.92 Å². The zero-order valence-corrected chi connectivity index (χ0v) is 16.5. The van der Waals surface area contributed by atoms with Crippen LogP contribution in [0, 0.1) is 5.92 Å². The lowest BCUT2D eigenvalue weighted by atomic mass is 10.1. The van der Waals surface area contributed by atoms with Crippen LogP contribution < -0.4 is 10.6 Å². The van der Waals surface area contributed by atoms with Crippen LogP contribution in [0.2, 0.25) is 0 Å². The standard InChI is InChI=1S/C21H32N4O/c1-17(2)11-12-23-21(22-3)24-14-18-8-5-6-9-19(18)15-25(4)16-20-10-7-13-26-20/h5-10,13,17H,11-12,14-16H2,1-4H3,(H2,22,23,24). The number of furan rings is 1. The Hall–Kier alpha value is -2.27. The van der Waals surface area contributed by atoms with E-state index >= 15 is 0 Å². The Balaban J connectivity index is 1.89. The highest BCUT2D eigenvalue weighted by Crippen LogP contribution is 2.13. The molecule has 5 heteroatoms. The molecule has 0 bridgehead atoms. The van der Waals surface area contributed by atoms with Gasteiger partial charge in [-0.05, 0) is 42.6 Å². The number of nitrogens with zero attached hydrogens (tertiary/aromatic N) is 2. The molecule has 2 N–H and O–H groups in total. The fourth-order valence-corrected chi connectivity index (χ4v) is 2.78. The van der Waals surface area contributed by atoms with Crippen LogP contribution in [0.25, 0.3) is 0 Å². The molecule has 0 spiro atoms. The summed E-state index contributed by atoms with van der Waals surface area (Å²) in [5.41, 5.74) is 2.59. The lowest BCUT2D eigenvalue weighted by molar-refractivity contribution is 0.287. The molecule has 0 unspecified atom stereocenters. The van der Waals surface area contributed by atoms with Gasteiger partial charge < -0.3 is 15.1 Å². The Labute approximate surface area is 157 Å². The van der Waals surface area contributed by atoms with E-state index in [1.165, 1.54) is 11.1 Å². The van der Waals surface area contributed by atoms with Gasteiger partial charge in [0.2, 0.25) is 0 Å². The average Bonchev–Trinajstić information content (AvgIpc) is 3.11. The van der Waals surface area contributed by atoms with Crippen molar-refractivity contribution >= 4 is 5.96 Å². The normalized spacial score (nSPS) is 12.0. The van der Waals surface area contributed by atoms with Crippen molar-refractivity contribution in [3.8, 4) is 0 Å². The summed E-state index contributed by atoms with van der Waals surface area (Å²) in [5, 5.41) is 6.80. The van der Waals surface area contributed by atoms with E-state index in [2.05, 4.69) is 65.7 Å². The lowest BCUT2D eigenvalue weighted by Gasteiger charge is -2.19. The Morgan fingerprint density at radius 3 is 2.50 bits per heavy atom. The minimum absolute atomic E-state index is 0.686. The average molecular weight is 357 g/mol. The minimum Gasteiger partial charge on any atom is -0.468 e. The van der Waals surface area contributed by atoms with Crippen LogP contribution in [-0.2, 0) is 19.6 Å². The third-order valence-electron chi connectivity index (χ3n) is 4.25. The molecule has 2 aromatic rings. The second kappa shape index (κ2) is 10.7. The summed E-state index contributed by atoms with van der Waals surface area (Å²) in [6.45, 7) is 7.82. The van der Waals surface area contributed by atoms with Gasteiger partial charge in [-0.3, -0.25) is 9.89 Å². The first kappa shape index (κ1) is 20.0. The number of guanidine groups is 1. The highest BCUT2D eigenvalue weighted by molar-refractivity contribution is 5.79. The van der Waals surface area contributed by atoms with Gasteiger partial charge in [-0.2, -0.15) is 0 Å². The van der Waals surface area contributed by atoms with Crippen molar-refractivity contribution in [1.82, 2.24) is 15.5 Å². The number of rotatable bonds is 9.